The average Bonchev–Trinajstić information content (AvgIpc) is 2.95. The van der Waals surface area contributed by atoms with E-state index in [4.69, 9.17) is 10.5 Å². The summed E-state index contributed by atoms with van der Waals surface area (Å²) in [6.07, 6.45) is 3.16. The van der Waals surface area contributed by atoms with Gasteiger partial charge in [0.25, 0.3) is 5.91 Å². The maximum absolute atomic E-state index is 12.4. The van der Waals surface area contributed by atoms with Crippen LogP contribution in [0.3, 0.4) is 0 Å². The maximum Gasteiger partial charge on any atom is 0.328 e. The first-order valence-corrected chi connectivity index (χ1v) is 6.44. The maximum atomic E-state index is 12.4. The smallest absolute Gasteiger partial charge is 0.328 e. The molecule has 1 aliphatic rings. The molecule has 0 spiro atoms. The second-order valence-electron chi connectivity index (χ2n) is 4.68. The topological polar surface area (TPSA) is 77.6 Å². The van der Waals surface area contributed by atoms with Gasteiger partial charge >= 0.3 is 5.97 Å². The molecule has 0 aromatic carbocycles. The molecule has 1 atom stereocenters. The lowest BCUT2D eigenvalue weighted by atomic mass is 10.2. The molecule has 1 fully saturated rings. The summed E-state index contributed by atoms with van der Waals surface area (Å²) in [6, 6.07) is 1.16. The van der Waals surface area contributed by atoms with Gasteiger partial charge in [-0.25, -0.2) is 4.79 Å². The number of nitrogens with two attached hydrogens (primary N) is 1. The number of anilines is 1. The Morgan fingerprint density at radius 2 is 2.26 bits per heavy atom. The largest absolute Gasteiger partial charge is 0.464 e. The van der Waals surface area contributed by atoms with E-state index in [0.29, 0.717) is 31.0 Å². The zero-order chi connectivity index (χ0) is 14.0. The Labute approximate surface area is 112 Å². The van der Waals surface area contributed by atoms with Crippen LogP contribution in [0.5, 0.6) is 0 Å². The Kier molecular flexibility index (Phi) is 3.78. The Morgan fingerprint density at radius 3 is 2.84 bits per heavy atom. The summed E-state index contributed by atoms with van der Waals surface area (Å²) < 4.78 is 6.69. The Hall–Kier alpha value is -1.98. The molecule has 1 amide bonds. The number of nitrogen functional groups attached to an aromatic ring is 1. The fraction of sp³-hybridized carbons (Fsp3) is 0.538. The van der Waals surface area contributed by atoms with E-state index in [0.717, 1.165) is 6.42 Å². The van der Waals surface area contributed by atoms with Crippen molar-refractivity contribution >= 4 is 17.6 Å². The van der Waals surface area contributed by atoms with Crippen LogP contribution in [-0.4, -0.2) is 40.5 Å². The molecular formula is C13H19N3O3. The summed E-state index contributed by atoms with van der Waals surface area (Å²) >= 11 is 0. The molecule has 0 radical (unpaired) electrons. The number of hydrogen-bond acceptors (Lipinski definition) is 4. The van der Waals surface area contributed by atoms with Gasteiger partial charge in [-0.15, -0.1) is 0 Å². The van der Waals surface area contributed by atoms with E-state index in [1.165, 1.54) is 0 Å². The molecule has 1 unspecified atom stereocenters. The van der Waals surface area contributed by atoms with E-state index in [-0.39, 0.29) is 11.9 Å². The molecule has 6 nitrogen and oxygen atoms in total. The Morgan fingerprint density at radius 1 is 1.53 bits per heavy atom. The number of likely N-dealkylation sites (tertiary alicyclic amines) is 1. The van der Waals surface area contributed by atoms with Gasteiger partial charge in [0.15, 0.2) is 0 Å². The van der Waals surface area contributed by atoms with Gasteiger partial charge in [-0.05, 0) is 25.8 Å². The third-order valence-corrected chi connectivity index (χ3v) is 3.32. The third kappa shape index (κ3) is 2.57. The first kappa shape index (κ1) is 13.5. The number of carbonyl (C=O) groups is 2. The van der Waals surface area contributed by atoms with Gasteiger partial charge in [0.1, 0.15) is 11.7 Å². The predicted molar refractivity (Wildman–Crippen MR) is 70.5 cm³/mol. The van der Waals surface area contributed by atoms with Crippen molar-refractivity contribution in [2.24, 2.45) is 7.05 Å². The fourth-order valence-corrected chi connectivity index (χ4v) is 2.44. The minimum Gasteiger partial charge on any atom is -0.464 e. The number of hydrogen-bond donors (Lipinski definition) is 1. The van der Waals surface area contributed by atoms with Gasteiger partial charge < -0.3 is 19.9 Å². The molecular weight excluding hydrogens is 246 g/mol. The molecule has 1 aromatic rings. The lowest BCUT2D eigenvalue weighted by Crippen LogP contribution is -2.42. The number of aromatic nitrogens is 1. The zero-order valence-corrected chi connectivity index (χ0v) is 11.3. The molecule has 2 N–H and O–H groups in total. The van der Waals surface area contributed by atoms with E-state index in [1.807, 2.05) is 0 Å². The van der Waals surface area contributed by atoms with Crippen LogP contribution in [-0.2, 0) is 16.6 Å². The van der Waals surface area contributed by atoms with Crippen LogP contribution in [0.15, 0.2) is 12.3 Å². The highest BCUT2D eigenvalue weighted by molar-refractivity contribution is 5.96. The minimum absolute atomic E-state index is 0.172. The van der Waals surface area contributed by atoms with Crippen molar-refractivity contribution in [3.63, 3.8) is 0 Å². The average molecular weight is 265 g/mol. The highest BCUT2D eigenvalue weighted by atomic mass is 16.5. The van der Waals surface area contributed by atoms with Crippen molar-refractivity contribution in [3.8, 4) is 0 Å². The van der Waals surface area contributed by atoms with Crippen LogP contribution in [0.25, 0.3) is 0 Å². The monoisotopic (exact) mass is 265 g/mol. The Balaban J connectivity index is 2.18. The second-order valence-corrected chi connectivity index (χ2v) is 4.68. The fourth-order valence-electron chi connectivity index (χ4n) is 2.44. The summed E-state index contributed by atoms with van der Waals surface area (Å²) in [5.41, 5.74) is 6.71. The summed E-state index contributed by atoms with van der Waals surface area (Å²) in [5.74, 6) is -0.495. The van der Waals surface area contributed by atoms with Crippen LogP contribution >= 0.6 is 0 Å². The molecule has 104 valence electrons. The van der Waals surface area contributed by atoms with E-state index >= 15 is 0 Å². The first-order chi connectivity index (χ1) is 9.04. The molecule has 2 heterocycles. The van der Waals surface area contributed by atoms with E-state index in [9.17, 15) is 9.59 Å². The van der Waals surface area contributed by atoms with Crippen LogP contribution in [0.2, 0.25) is 0 Å². The summed E-state index contributed by atoms with van der Waals surface area (Å²) in [6.45, 7) is 2.67. The van der Waals surface area contributed by atoms with Gasteiger partial charge in [-0.3, -0.25) is 4.79 Å². The lowest BCUT2D eigenvalue weighted by molar-refractivity contribution is -0.147. The molecule has 0 saturated carbocycles. The molecule has 19 heavy (non-hydrogen) atoms. The summed E-state index contributed by atoms with van der Waals surface area (Å²) in [7, 11) is 1.76. The van der Waals surface area contributed by atoms with Crippen molar-refractivity contribution in [2.75, 3.05) is 18.9 Å². The number of esters is 1. The predicted octanol–water partition coefficient (Wildman–Crippen LogP) is 0.775. The van der Waals surface area contributed by atoms with Crippen LogP contribution in [0.1, 0.15) is 30.3 Å². The molecule has 1 aromatic heterocycles. The van der Waals surface area contributed by atoms with E-state index < -0.39 is 6.04 Å². The SMILES string of the molecule is CCOC(=O)C1CCCN1C(=O)c1cc(N)cn1C. The van der Waals surface area contributed by atoms with Crippen LogP contribution < -0.4 is 5.73 Å². The molecule has 2 rings (SSSR count). The first-order valence-electron chi connectivity index (χ1n) is 6.44. The second kappa shape index (κ2) is 5.34. The number of rotatable bonds is 3. The molecule has 1 saturated heterocycles. The van der Waals surface area contributed by atoms with E-state index in [2.05, 4.69) is 0 Å². The van der Waals surface area contributed by atoms with E-state index in [1.54, 1.807) is 35.7 Å². The number of amides is 1. The molecule has 1 aliphatic heterocycles. The normalized spacial score (nSPS) is 18.6. The van der Waals surface area contributed by atoms with Gasteiger partial charge in [-0.1, -0.05) is 0 Å². The van der Waals surface area contributed by atoms with Crippen LogP contribution in [0, 0.1) is 0 Å². The molecule has 0 aliphatic carbocycles. The van der Waals surface area contributed by atoms with Gasteiger partial charge in [-0.2, -0.15) is 0 Å². The number of ether oxygens (including phenoxy) is 1. The van der Waals surface area contributed by atoms with Gasteiger partial charge in [0.05, 0.1) is 12.3 Å². The number of carbonyl (C=O) groups excluding carboxylic acids is 2. The highest BCUT2D eigenvalue weighted by Gasteiger charge is 2.36. The van der Waals surface area contributed by atoms with Crippen molar-refractivity contribution in [2.45, 2.75) is 25.8 Å². The number of aryl methyl sites for hydroxylation is 1. The van der Waals surface area contributed by atoms with Crippen LogP contribution in [0.4, 0.5) is 5.69 Å². The van der Waals surface area contributed by atoms with Crippen molar-refractivity contribution in [1.29, 1.82) is 0 Å². The molecule has 0 bridgehead atoms. The van der Waals surface area contributed by atoms with Crippen molar-refractivity contribution < 1.29 is 14.3 Å². The standard InChI is InChI=1S/C13H19N3O3/c1-3-19-13(18)10-5-4-6-16(10)12(17)11-7-9(14)8-15(11)2/h7-8,10H,3-6,14H2,1-2H3. The summed E-state index contributed by atoms with van der Waals surface area (Å²) in [5, 5.41) is 0. The van der Waals surface area contributed by atoms with Gasteiger partial charge in [0.2, 0.25) is 0 Å². The number of nitrogens with zero attached hydrogens (tertiary/aromatic N) is 2. The highest BCUT2D eigenvalue weighted by Crippen LogP contribution is 2.22. The third-order valence-electron chi connectivity index (χ3n) is 3.32. The Bertz CT molecular complexity index is 495. The summed E-state index contributed by atoms with van der Waals surface area (Å²) in [4.78, 5) is 25.9. The van der Waals surface area contributed by atoms with Crippen molar-refractivity contribution in [1.82, 2.24) is 9.47 Å². The minimum atomic E-state index is -0.469. The van der Waals surface area contributed by atoms with Gasteiger partial charge in [0, 0.05) is 19.8 Å². The molecule has 6 heteroatoms. The quantitative estimate of drug-likeness (QED) is 0.819. The zero-order valence-electron chi connectivity index (χ0n) is 11.3. The lowest BCUT2D eigenvalue weighted by Gasteiger charge is -2.23. The van der Waals surface area contributed by atoms with Crippen molar-refractivity contribution in [3.05, 3.63) is 18.0 Å².